The van der Waals surface area contributed by atoms with Crippen LogP contribution in [0.15, 0.2) is 64.2 Å². The zero-order valence-electron chi connectivity index (χ0n) is 15.4. The molecular formula is C19H18N6O2S. The van der Waals surface area contributed by atoms with Crippen molar-refractivity contribution in [2.75, 3.05) is 0 Å². The van der Waals surface area contributed by atoms with Gasteiger partial charge >= 0.3 is 0 Å². The summed E-state index contributed by atoms with van der Waals surface area (Å²) in [6.07, 6.45) is 0. The number of hydrogen-bond acceptors (Lipinski definition) is 8. The van der Waals surface area contributed by atoms with Crippen molar-refractivity contribution in [2.24, 2.45) is 0 Å². The Morgan fingerprint density at radius 2 is 1.93 bits per heavy atom. The van der Waals surface area contributed by atoms with Gasteiger partial charge in [-0.1, -0.05) is 42.1 Å². The lowest BCUT2D eigenvalue weighted by Crippen LogP contribution is -2.04. The van der Waals surface area contributed by atoms with E-state index in [9.17, 15) is 0 Å². The van der Waals surface area contributed by atoms with E-state index in [2.05, 4.69) is 25.7 Å². The molecule has 0 amide bonds. The first-order valence-corrected chi connectivity index (χ1v) is 9.59. The van der Waals surface area contributed by atoms with Crippen LogP contribution in [0.3, 0.4) is 0 Å². The lowest BCUT2D eigenvalue weighted by Gasteiger charge is -2.08. The molecule has 2 aromatic heterocycles. The van der Waals surface area contributed by atoms with Crippen LogP contribution < -0.4 is 4.74 Å². The summed E-state index contributed by atoms with van der Waals surface area (Å²) < 4.78 is 13.1. The van der Waals surface area contributed by atoms with Crippen molar-refractivity contribution in [3.8, 4) is 11.4 Å². The predicted molar refractivity (Wildman–Crippen MR) is 103 cm³/mol. The summed E-state index contributed by atoms with van der Waals surface area (Å²) in [7, 11) is 0. The lowest BCUT2D eigenvalue weighted by molar-refractivity contribution is 0.252. The normalized spacial score (nSPS) is 12.1. The standard InChI is InChI=1S/C19H18N6O2S/c1-13-7-6-10-16(11-13)26-12-17-20-22-19(27-17)28-14(2)18-21-23-24-25(18)15-8-4-3-5-9-15/h3-11,14H,12H2,1-2H3. The minimum absolute atomic E-state index is 0.0822. The number of tetrazole rings is 1. The molecule has 0 aliphatic carbocycles. The maximum absolute atomic E-state index is 5.70. The Morgan fingerprint density at radius 3 is 2.75 bits per heavy atom. The average molecular weight is 394 g/mol. The highest BCUT2D eigenvalue weighted by Gasteiger charge is 2.20. The zero-order chi connectivity index (χ0) is 19.3. The molecule has 0 saturated carbocycles. The number of benzene rings is 2. The minimum atomic E-state index is -0.0822. The Kier molecular flexibility index (Phi) is 5.34. The first-order chi connectivity index (χ1) is 13.7. The largest absolute Gasteiger partial charge is 0.484 e. The molecule has 0 radical (unpaired) electrons. The second kappa shape index (κ2) is 8.22. The van der Waals surface area contributed by atoms with Crippen molar-refractivity contribution in [1.29, 1.82) is 0 Å². The fraction of sp³-hybridized carbons (Fsp3) is 0.211. The first-order valence-electron chi connectivity index (χ1n) is 8.71. The highest BCUT2D eigenvalue weighted by atomic mass is 32.2. The van der Waals surface area contributed by atoms with Gasteiger partial charge in [-0.05, 0) is 54.1 Å². The van der Waals surface area contributed by atoms with Crippen LogP contribution in [0.25, 0.3) is 5.69 Å². The third-order valence-electron chi connectivity index (χ3n) is 3.94. The van der Waals surface area contributed by atoms with Gasteiger partial charge in [-0.25, -0.2) is 0 Å². The van der Waals surface area contributed by atoms with E-state index in [1.54, 1.807) is 4.68 Å². The molecule has 0 saturated heterocycles. The van der Waals surface area contributed by atoms with E-state index in [0.717, 1.165) is 17.0 Å². The van der Waals surface area contributed by atoms with E-state index in [0.29, 0.717) is 16.9 Å². The number of nitrogens with zero attached hydrogens (tertiary/aromatic N) is 6. The minimum Gasteiger partial charge on any atom is -0.484 e. The summed E-state index contributed by atoms with van der Waals surface area (Å²) in [6.45, 7) is 4.22. The summed E-state index contributed by atoms with van der Waals surface area (Å²) in [4.78, 5) is 0. The van der Waals surface area contributed by atoms with E-state index in [1.165, 1.54) is 11.8 Å². The second-order valence-corrected chi connectivity index (χ2v) is 7.40. The molecule has 0 aliphatic heterocycles. The fourth-order valence-corrected chi connectivity index (χ4v) is 3.39. The number of ether oxygens (including phenoxy) is 1. The topological polar surface area (TPSA) is 91.8 Å². The van der Waals surface area contributed by atoms with Gasteiger partial charge in [0.1, 0.15) is 5.75 Å². The summed E-state index contributed by atoms with van der Waals surface area (Å²) in [5.74, 6) is 1.88. The van der Waals surface area contributed by atoms with Crippen LogP contribution in [0.4, 0.5) is 0 Å². The van der Waals surface area contributed by atoms with E-state index < -0.39 is 0 Å². The SMILES string of the molecule is Cc1cccc(OCc2nnc(SC(C)c3nnnn3-c3ccccc3)o2)c1. The second-order valence-electron chi connectivity index (χ2n) is 6.11. The van der Waals surface area contributed by atoms with Gasteiger partial charge in [-0.15, -0.1) is 15.3 Å². The van der Waals surface area contributed by atoms with Crippen LogP contribution in [0.5, 0.6) is 5.75 Å². The van der Waals surface area contributed by atoms with E-state index in [1.807, 2.05) is 68.4 Å². The van der Waals surface area contributed by atoms with Crippen molar-refractivity contribution < 1.29 is 9.15 Å². The summed E-state index contributed by atoms with van der Waals surface area (Å²) in [6, 6.07) is 17.5. The molecular weight excluding hydrogens is 376 g/mol. The van der Waals surface area contributed by atoms with Gasteiger partial charge < -0.3 is 9.15 Å². The number of thioether (sulfide) groups is 1. The van der Waals surface area contributed by atoms with Crippen molar-refractivity contribution in [3.63, 3.8) is 0 Å². The van der Waals surface area contributed by atoms with Gasteiger partial charge in [0.15, 0.2) is 12.4 Å². The zero-order valence-corrected chi connectivity index (χ0v) is 16.2. The number of aromatic nitrogens is 6. The molecule has 0 bridgehead atoms. The molecule has 142 valence electrons. The molecule has 2 aromatic carbocycles. The lowest BCUT2D eigenvalue weighted by atomic mass is 10.2. The molecule has 4 rings (SSSR count). The highest BCUT2D eigenvalue weighted by molar-refractivity contribution is 7.99. The maximum atomic E-state index is 5.70. The molecule has 0 spiro atoms. The highest BCUT2D eigenvalue weighted by Crippen LogP contribution is 2.33. The summed E-state index contributed by atoms with van der Waals surface area (Å²) in [5.41, 5.74) is 2.02. The van der Waals surface area contributed by atoms with Gasteiger partial charge in [-0.3, -0.25) is 0 Å². The quantitative estimate of drug-likeness (QED) is 0.437. The van der Waals surface area contributed by atoms with Crippen LogP contribution in [0.1, 0.15) is 29.5 Å². The fourth-order valence-electron chi connectivity index (χ4n) is 2.60. The monoisotopic (exact) mass is 394 g/mol. The molecule has 4 aromatic rings. The smallest absolute Gasteiger partial charge is 0.277 e. The maximum Gasteiger partial charge on any atom is 0.277 e. The Hall–Kier alpha value is -3.20. The van der Waals surface area contributed by atoms with E-state index >= 15 is 0 Å². The van der Waals surface area contributed by atoms with E-state index in [-0.39, 0.29) is 11.9 Å². The molecule has 1 unspecified atom stereocenters. The van der Waals surface area contributed by atoms with Crippen molar-refractivity contribution >= 4 is 11.8 Å². The third kappa shape index (κ3) is 4.20. The van der Waals surface area contributed by atoms with Gasteiger partial charge in [0.2, 0.25) is 0 Å². The van der Waals surface area contributed by atoms with Crippen LogP contribution in [-0.4, -0.2) is 30.4 Å². The van der Waals surface area contributed by atoms with Crippen LogP contribution in [-0.2, 0) is 6.61 Å². The molecule has 28 heavy (non-hydrogen) atoms. The number of para-hydroxylation sites is 1. The predicted octanol–water partition coefficient (Wildman–Crippen LogP) is 3.79. The Labute approximate surface area is 165 Å². The van der Waals surface area contributed by atoms with Gasteiger partial charge in [0.25, 0.3) is 11.1 Å². The third-order valence-corrected chi connectivity index (χ3v) is 4.87. The van der Waals surface area contributed by atoms with E-state index in [4.69, 9.17) is 9.15 Å². The molecule has 9 heteroatoms. The molecule has 0 aliphatic rings. The van der Waals surface area contributed by atoms with Crippen molar-refractivity contribution in [3.05, 3.63) is 71.9 Å². The van der Waals surface area contributed by atoms with Crippen LogP contribution in [0, 0.1) is 6.92 Å². The van der Waals surface area contributed by atoms with Gasteiger partial charge in [0.05, 0.1) is 10.9 Å². The van der Waals surface area contributed by atoms with Gasteiger partial charge in [-0.2, -0.15) is 4.68 Å². The summed E-state index contributed by atoms with van der Waals surface area (Å²) >= 11 is 1.40. The van der Waals surface area contributed by atoms with Crippen LogP contribution in [0.2, 0.25) is 0 Å². The summed E-state index contributed by atoms with van der Waals surface area (Å²) in [5, 5.41) is 20.5. The number of hydrogen-bond donors (Lipinski definition) is 0. The number of rotatable bonds is 7. The Balaban J connectivity index is 1.41. The average Bonchev–Trinajstić information content (AvgIpc) is 3.37. The van der Waals surface area contributed by atoms with Crippen molar-refractivity contribution in [2.45, 2.75) is 30.9 Å². The van der Waals surface area contributed by atoms with Crippen LogP contribution >= 0.6 is 11.8 Å². The van der Waals surface area contributed by atoms with Crippen molar-refractivity contribution in [1.82, 2.24) is 30.4 Å². The Bertz CT molecular complexity index is 1050. The molecule has 0 fully saturated rings. The molecule has 0 N–H and O–H groups in total. The van der Waals surface area contributed by atoms with Gasteiger partial charge in [0, 0.05) is 0 Å². The molecule has 8 nitrogen and oxygen atoms in total. The molecule has 2 heterocycles. The number of aryl methyl sites for hydroxylation is 1. The first kappa shape index (κ1) is 18.2. The Morgan fingerprint density at radius 1 is 1.07 bits per heavy atom. The molecule has 1 atom stereocenters.